The van der Waals surface area contributed by atoms with Crippen LogP contribution >= 0.6 is 11.8 Å². The van der Waals surface area contributed by atoms with E-state index in [0.29, 0.717) is 10.6 Å². The van der Waals surface area contributed by atoms with Crippen molar-refractivity contribution in [3.63, 3.8) is 0 Å². The number of carbonyl (C=O) groups excluding carboxylic acids is 1. The van der Waals surface area contributed by atoms with Gasteiger partial charge in [-0.05, 0) is 6.42 Å². The lowest BCUT2D eigenvalue weighted by atomic mass is 10.2. The zero-order valence-corrected chi connectivity index (χ0v) is 5.70. The summed E-state index contributed by atoms with van der Waals surface area (Å²) < 4.78 is 0. The molecule has 1 heterocycles. The second-order valence-electron chi connectivity index (χ2n) is 1.81. The van der Waals surface area contributed by atoms with Gasteiger partial charge < -0.3 is 11.5 Å². The SMILES string of the molecule is NC(=O)C1=C(N)SCC1. The minimum atomic E-state index is -0.377. The average Bonchev–Trinajstić information content (AvgIpc) is 2.13. The molecule has 1 amide bonds. The van der Waals surface area contributed by atoms with Crippen LogP contribution in [0.5, 0.6) is 0 Å². The molecule has 0 radical (unpaired) electrons. The van der Waals surface area contributed by atoms with E-state index in [4.69, 9.17) is 11.5 Å². The summed E-state index contributed by atoms with van der Waals surface area (Å²) in [6, 6.07) is 0. The Morgan fingerprint density at radius 2 is 2.33 bits per heavy atom. The highest BCUT2D eigenvalue weighted by atomic mass is 32.2. The van der Waals surface area contributed by atoms with Gasteiger partial charge in [-0.3, -0.25) is 4.79 Å². The van der Waals surface area contributed by atoms with Gasteiger partial charge >= 0.3 is 0 Å². The molecule has 1 aliphatic rings. The third kappa shape index (κ3) is 1.18. The molecule has 4 heteroatoms. The normalized spacial score (nSPS) is 18.7. The number of primary amides is 1. The van der Waals surface area contributed by atoms with Gasteiger partial charge in [0, 0.05) is 11.3 Å². The van der Waals surface area contributed by atoms with Crippen LogP contribution in [0, 0.1) is 0 Å². The molecule has 0 aromatic heterocycles. The standard InChI is InChI=1S/C5H8N2OS/c6-4(8)3-1-2-9-5(3)7/h1-2,7H2,(H2,6,8). The van der Waals surface area contributed by atoms with Gasteiger partial charge in [-0.2, -0.15) is 0 Å². The van der Waals surface area contributed by atoms with Crippen LogP contribution in [0.3, 0.4) is 0 Å². The minimum absolute atomic E-state index is 0.377. The molecule has 0 unspecified atom stereocenters. The minimum Gasteiger partial charge on any atom is -0.393 e. The van der Waals surface area contributed by atoms with Crippen LogP contribution in [0.2, 0.25) is 0 Å². The summed E-state index contributed by atoms with van der Waals surface area (Å²) in [5, 5.41) is 0.600. The average molecular weight is 144 g/mol. The monoisotopic (exact) mass is 144 g/mol. The molecule has 0 aromatic rings. The predicted molar refractivity (Wildman–Crippen MR) is 37.5 cm³/mol. The molecular formula is C5H8N2OS. The van der Waals surface area contributed by atoms with Gasteiger partial charge in [0.25, 0.3) is 0 Å². The van der Waals surface area contributed by atoms with Crippen molar-refractivity contribution < 1.29 is 4.79 Å². The highest BCUT2D eigenvalue weighted by molar-refractivity contribution is 8.03. The Balaban J connectivity index is 2.78. The molecule has 0 aromatic carbocycles. The number of hydrogen-bond donors (Lipinski definition) is 2. The van der Waals surface area contributed by atoms with E-state index in [0.717, 1.165) is 12.2 Å². The lowest BCUT2D eigenvalue weighted by Gasteiger charge is -1.92. The first kappa shape index (κ1) is 6.48. The fourth-order valence-corrected chi connectivity index (χ4v) is 1.62. The van der Waals surface area contributed by atoms with E-state index < -0.39 is 0 Å². The maximum atomic E-state index is 10.5. The fourth-order valence-electron chi connectivity index (χ4n) is 0.718. The van der Waals surface area contributed by atoms with Crippen molar-refractivity contribution in [3.05, 3.63) is 10.6 Å². The van der Waals surface area contributed by atoms with Gasteiger partial charge in [0.05, 0.1) is 5.03 Å². The summed E-state index contributed by atoms with van der Waals surface area (Å²) in [5.41, 5.74) is 11.0. The van der Waals surface area contributed by atoms with E-state index in [1.165, 1.54) is 11.8 Å². The third-order valence-electron chi connectivity index (χ3n) is 1.20. The van der Waals surface area contributed by atoms with Crippen LogP contribution in [0.4, 0.5) is 0 Å². The van der Waals surface area contributed by atoms with Crippen molar-refractivity contribution in [1.29, 1.82) is 0 Å². The number of thioether (sulfide) groups is 1. The molecule has 0 atom stereocenters. The Kier molecular flexibility index (Phi) is 1.66. The third-order valence-corrected chi connectivity index (χ3v) is 2.17. The predicted octanol–water partition coefficient (Wildman–Crippen LogP) is -0.221. The molecule has 0 aliphatic carbocycles. The highest BCUT2D eigenvalue weighted by Crippen LogP contribution is 2.26. The first-order valence-corrected chi connectivity index (χ1v) is 3.61. The number of nitrogens with two attached hydrogens (primary N) is 2. The molecule has 4 N–H and O–H groups in total. The van der Waals surface area contributed by atoms with Crippen molar-refractivity contribution in [1.82, 2.24) is 0 Å². The molecule has 0 saturated carbocycles. The second-order valence-corrected chi connectivity index (χ2v) is 2.94. The van der Waals surface area contributed by atoms with Gasteiger partial charge in [0.15, 0.2) is 0 Å². The molecule has 0 saturated heterocycles. The van der Waals surface area contributed by atoms with Crippen molar-refractivity contribution >= 4 is 17.7 Å². The molecule has 3 nitrogen and oxygen atoms in total. The van der Waals surface area contributed by atoms with Crippen LogP contribution in [0.25, 0.3) is 0 Å². The largest absolute Gasteiger partial charge is 0.393 e. The Morgan fingerprint density at radius 1 is 1.67 bits per heavy atom. The maximum absolute atomic E-state index is 10.5. The Labute approximate surface area is 57.5 Å². The van der Waals surface area contributed by atoms with E-state index >= 15 is 0 Å². The smallest absolute Gasteiger partial charge is 0.247 e. The zero-order chi connectivity index (χ0) is 6.85. The summed E-state index contributed by atoms with van der Waals surface area (Å²) in [5.74, 6) is 0.516. The second kappa shape index (κ2) is 2.31. The van der Waals surface area contributed by atoms with Gasteiger partial charge in [-0.1, -0.05) is 0 Å². The number of hydrogen-bond acceptors (Lipinski definition) is 3. The molecule has 1 aliphatic heterocycles. The summed E-state index contributed by atoms with van der Waals surface area (Å²) in [6.45, 7) is 0. The lowest BCUT2D eigenvalue weighted by Crippen LogP contribution is -2.15. The zero-order valence-electron chi connectivity index (χ0n) is 4.89. The fraction of sp³-hybridized carbons (Fsp3) is 0.400. The summed E-state index contributed by atoms with van der Waals surface area (Å²) in [6.07, 6.45) is 0.728. The Morgan fingerprint density at radius 3 is 2.56 bits per heavy atom. The molecule has 0 bridgehead atoms. The lowest BCUT2D eigenvalue weighted by molar-refractivity contribution is -0.114. The quantitative estimate of drug-likeness (QED) is 0.534. The number of amides is 1. The molecule has 1 rings (SSSR count). The van der Waals surface area contributed by atoms with Gasteiger partial charge in [-0.15, -0.1) is 11.8 Å². The van der Waals surface area contributed by atoms with Gasteiger partial charge in [0.1, 0.15) is 0 Å². The van der Waals surface area contributed by atoms with Crippen LogP contribution < -0.4 is 11.5 Å². The summed E-state index contributed by atoms with van der Waals surface area (Å²) in [4.78, 5) is 10.5. The van der Waals surface area contributed by atoms with Crippen LogP contribution in [-0.4, -0.2) is 11.7 Å². The highest BCUT2D eigenvalue weighted by Gasteiger charge is 2.16. The maximum Gasteiger partial charge on any atom is 0.247 e. The van der Waals surface area contributed by atoms with Crippen molar-refractivity contribution in [2.45, 2.75) is 6.42 Å². The first-order valence-electron chi connectivity index (χ1n) is 2.63. The van der Waals surface area contributed by atoms with Crippen LogP contribution in [0.15, 0.2) is 10.6 Å². The van der Waals surface area contributed by atoms with Crippen molar-refractivity contribution in [2.75, 3.05) is 5.75 Å². The van der Waals surface area contributed by atoms with E-state index in [1.807, 2.05) is 0 Å². The molecule has 0 spiro atoms. The topological polar surface area (TPSA) is 69.1 Å². The summed E-state index contributed by atoms with van der Waals surface area (Å²) >= 11 is 1.49. The van der Waals surface area contributed by atoms with E-state index in [9.17, 15) is 4.79 Å². The molecule has 50 valence electrons. The van der Waals surface area contributed by atoms with Crippen LogP contribution in [-0.2, 0) is 4.79 Å². The Hall–Kier alpha value is -0.640. The van der Waals surface area contributed by atoms with E-state index in [2.05, 4.69) is 0 Å². The first-order chi connectivity index (χ1) is 4.22. The molecule has 9 heavy (non-hydrogen) atoms. The van der Waals surface area contributed by atoms with Gasteiger partial charge in [-0.25, -0.2) is 0 Å². The number of rotatable bonds is 1. The van der Waals surface area contributed by atoms with E-state index in [1.54, 1.807) is 0 Å². The van der Waals surface area contributed by atoms with Crippen molar-refractivity contribution in [3.8, 4) is 0 Å². The summed E-state index contributed by atoms with van der Waals surface area (Å²) in [7, 11) is 0. The van der Waals surface area contributed by atoms with E-state index in [-0.39, 0.29) is 5.91 Å². The molecular weight excluding hydrogens is 136 g/mol. The van der Waals surface area contributed by atoms with Crippen LogP contribution in [0.1, 0.15) is 6.42 Å². The van der Waals surface area contributed by atoms with Crippen molar-refractivity contribution in [2.24, 2.45) is 11.5 Å². The molecule has 0 fully saturated rings. The van der Waals surface area contributed by atoms with Gasteiger partial charge in [0.2, 0.25) is 5.91 Å². The number of carbonyl (C=O) groups is 1. The Bertz CT molecular complexity index is 176.